The van der Waals surface area contributed by atoms with E-state index in [1.54, 1.807) is 0 Å². The standard InChI is InChI=1S/C12H12N2O5S2.H3N/c13-8-1-3-9(4-2-8)20(15,16)10-5-6-11(14)12(7-10)21(17,18)19;/h1-7H,13-14H2,(H,17,18,19);1H3. The molecule has 0 aliphatic rings. The topological polar surface area (TPSA) is 176 Å². The molecule has 0 aliphatic carbocycles. The number of sulfone groups is 1. The first-order valence-electron chi connectivity index (χ1n) is 5.60. The minimum absolute atomic E-state index is 0. The fourth-order valence-corrected chi connectivity index (χ4v) is 3.69. The second-order valence-electron chi connectivity index (χ2n) is 4.25. The molecule has 10 heteroatoms. The Kier molecular flexibility index (Phi) is 4.82. The van der Waals surface area contributed by atoms with Gasteiger partial charge in [0.1, 0.15) is 4.90 Å². The molecule has 22 heavy (non-hydrogen) atoms. The monoisotopic (exact) mass is 345 g/mol. The van der Waals surface area contributed by atoms with Gasteiger partial charge in [-0.2, -0.15) is 8.42 Å². The number of hydrogen-bond acceptors (Lipinski definition) is 7. The van der Waals surface area contributed by atoms with E-state index in [1.807, 2.05) is 0 Å². The number of nitrogens with two attached hydrogens (primary N) is 2. The van der Waals surface area contributed by atoms with Crippen LogP contribution in [0.2, 0.25) is 0 Å². The van der Waals surface area contributed by atoms with Crippen molar-refractivity contribution in [1.29, 1.82) is 0 Å². The van der Waals surface area contributed by atoms with E-state index in [2.05, 4.69) is 0 Å². The molecule has 0 bridgehead atoms. The fourth-order valence-electron chi connectivity index (χ4n) is 1.69. The average Bonchev–Trinajstić information content (AvgIpc) is 2.38. The van der Waals surface area contributed by atoms with Crippen LogP contribution in [0.5, 0.6) is 0 Å². The molecule has 8 N–H and O–H groups in total. The normalized spacial score (nSPS) is 11.7. The molecule has 0 atom stereocenters. The van der Waals surface area contributed by atoms with E-state index in [-0.39, 0.29) is 21.6 Å². The maximum atomic E-state index is 12.4. The molecule has 0 aromatic heterocycles. The van der Waals surface area contributed by atoms with E-state index in [1.165, 1.54) is 24.3 Å². The van der Waals surface area contributed by atoms with Gasteiger partial charge in [0.25, 0.3) is 10.1 Å². The summed E-state index contributed by atoms with van der Waals surface area (Å²) in [6.07, 6.45) is 0. The molecule has 0 heterocycles. The Morgan fingerprint density at radius 1 is 0.818 bits per heavy atom. The Labute approximate surface area is 128 Å². The molecule has 0 saturated heterocycles. The second-order valence-corrected chi connectivity index (χ2v) is 7.59. The largest absolute Gasteiger partial charge is 0.399 e. The van der Waals surface area contributed by atoms with Gasteiger partial charge < -0.3 is 17.6 Å². The van der Waals surface area contributed by atoms with E-state index >= 15 is 0 Å². The zero-order chi connectivity index (χ0) is 15.8. The lowest BCUT2D eigenvalue weighted by atomic mass is 10.3. The zero-order valence-electron chi connectivity index (χ0n) is 11.3. The van der Waals surface area contributed by atoms with Crippen LogP contribution >= 0.6 is 0 Å². The Morgan fingerprint density at radius 3 is 1.82 bits per heavy atom. The van der Waals surface area contributed by atoms with Gasteiger partial charge in [0.05, 0.1) is 15.5 Å². The van der Waals surface area contributed by atoms with Gasteiger partial charge in [0.2, 0.25) is 9.84 Å². The smallest absolute Gasteiger partial charge is 0.296 e. The predicted molar refractivity (Wildman–Crippen MR) is 82.0 cm³/mol. The summed E-state index contributed by atoms with van der Waals surface area (Å²) < 4.78 is 56.2. The van der Waals surface area contributed by atoms with E-state index in [9.17, 15) is 16.8 Å². The number of nitrogen functional groups attached to an aromatic ring is 2. The Bertz CT molecular complexity index is 891. The van der Waals surface area contributed by atoms with Crippen LogP contribution < -0.4 is 17.6 Å². The summed E-state index contributed by atoms with van der Waals surface area (Å²) in [5.74, 6) is 0. The highest BCUT2D eigenvalue weighted by molar-refractivity contribution is 7.91. The first kappa shape index (κ1) is 17.9. The van der Waals surface area contributed by atoms with Gasteiger partial charge in [-0.15, -0.1) is 0 Å². The van der Waals surface area contributed by atoms with E-state index < -0.39 is 24.9 Å². The van der Waals surface area contributed by atoms with E-state index in [0.717, 1.165) is 18.2 Å². The Balaban J connectivity index is 0.00000242. The van der Waals surface area contributed by atoms with Crippen LogP contribution in [0.25, 0.3) is 0 Å². The highest BCUT2D eigenvalue weighted by Crippen LogP contribution is 2.27. The van der Waals surface area contributed by atoms with Crippen LogP contribution in [0.15, 0.2) is 57.2 Å². The first-order valence-corrected chi connectivity index (χ1v) is 8.52. The van der Waals surface area contributed by atoms with Crippen LogP contribution in [0.4, 0.5) is 11.4 Å². The van der Waals surface area contributed by atoms with Crippen molar-refractivity contribution in [2.24, 2.45) is 0 Å². The molecule has 0 saturated carbocycles. The lowest BCUT2D eigenvalue weighted by Crippen LogP contribution is -2.07. The summed E-state index contributed by atoms with van der Waals surface area (Å²) in [5, 5.41) is 0. The molecular weight excluding hydrogens is 330 g/mol. The third kappa shape index (κ3) is 3.36. The zero-order valence-corrected chi connectivity index (χ0v) is 12.9. The van der Waals surface area contributed by atoms with Gasteiger partial charge in [-0.3, -0.25) is 4.55 Å². The molecule has 2 aromatic rings. The molecule has 8 nitrogen and oxygen atoms in total. The van der Waals surface area contributed by atoms with E-state index in [0.29, 0.717) is 5.69 Å². The first-order chi connectivity index (χ1) is 9.62. The lowest BCUT2D eigenvalue weighted by molar-refractivity contribution is 0.483. The van der Waals surface area contributed by atoms with Crippen molar-refractivity contribution in [2.45, 2.75) is 14.7 Å². The Morgan fingerprint density at radius 2 is 1.32 bits per heavy atom. The minimum Gasteiger partial charge on any atom is -0.399 e. The van der Waals surface area contributed by atoms with Crippen LogP contribution in [-0.2, 0) is 20.0 Å². The third-order valence-corrected chi connectivity index (χ3v) is 5.44. The maximum Gasteiger partial charge on any atom is 0.296 e. The van der Waals surface area contributed by atoms with Crippen LogP contribution in [-0.4, -0.2) is 21.4 Å². The SMILES string of the molecule is N.Nc1ccc(S(=O)(=O)c2ccc(N)c(S(=O)(=O)O)c2)cc1. The molecule has 2 aromatic carbocycles. The Hall–Kier alpha value is -2.14. The summed E-state index contributed by atoms with van der Waals surface area (Å²) in [5.41, 5.74) is 11.1. The average molecular weight is 345 g/mol. The molecule has 0 spiro atoms. The van der Waals surface area contributed by atoms with E-state index in [4.69, 9.17) is 16.0 Å². The van der Waals surface area contributed by atoms with Crippen molar-refractivity contribution in [3.63, 3.8) is 0 Å². The number of benzene rings is 2. The second kappa shape index (κ2) is 5.93. The number of rotatable bonds is 3. The maximum absolute atomic E-state index is 12.4. The molecular formula is C12H15N3O5S2. The highest BCUT2D eigenvalue weighted by Gasteiger charge is 2.22. The molecule has 0 aliphatic heterocycles. The summed E-state index contributed by atoms with van der Waals surface area (Å²) >= 11 is 0. The van der Waals surface area contributed by atoms with Gasteiger partial charge in [-0.05, 0) is 42.5 Å². The number of anilines is 2. The van der Waals surface area contributed by atoms with Crippen LogP contribution in [0, 0.1) is 0 Å². The van der Waals surface area contributed by atoms with Crippen LogP contribution in [0.1, 0.15) is 0 Å². The highest BCUT2D eigenvalue weighted by atomic mass is 32.2. The molecule has 0 fully saturated rings. The van der Waals surface area contributed by atoms with Gasteiger partial charge in [0.15, 0.2) is 0 Å². The third-order valence-electron chi connectivity index (χ3n) is 2.76. The van der Waals surface area contributed by atoms with Crippen molar-refractivity contribution in [2.75, 3.05) is 11.5 Å². The van der Waals surface area contributed by atoms with Crippen molar-refractivity contribution in [3.05, 3.63) is 42.5 Å². The molecule has 120 valence electrons. The summed E-state index contributed by atoms with van der Waals surface area (Å²) in [4.78, 5) is -1.00. The molecule has 0 amide bonds. The minimum atomic E-state index is -4.61. The van der Waals surface area contributed by atoms with Crippen molar-refractivity contribution in [3.8, 4) is 0 Å². The van der Waals surface area contributed by atoms with Gasteiger partial charge >= 0.3 is 0 Å². The lowest BCUT2D eigenvalue weighted by Gasteiger charge is -2.08. The van der Waals surface area contributed by atoms with Crippen molar-refractivity contribution >= 4 is 31.3 Å². The van der Waals surface area contributed by atoms with Crippen molar-refractivity contribution in [1.82, 2.24) is 6.15 Å². The molecule has 0 radical (unpaired) electrons. The summed E-state index contributed by atoms with van der Waals surface area (Å²) in [7, 11) is -8.56. The quantitative estimate of drug-likeness (QED) is 0.472. The number of hydrogen-bond donors (Lipinski definition) is 4. The van der Waals surface area contributed by atoms with Gasteiger partial charge in [-0.25, -0.2) is 8.42 Å². The molecule has 0 unspecified atom stereocenters. The predicted octanol–water partition coefficient (Wildman–Crippen LogP) is 1.09. The van der Waals surface area contributed by atoms with Crippen molar-refractivity contribution < 1.29 is 21.4 Å². The molecule has 2 rings (SSSR count). The van der Waals surface area contributed by atoms with Gasteiger partial charge in [-0.1, -0.05) is 0 Å². The summed E-state index contributed by atoms with van der Waals surface area (Å²) in [6.45, 7) is 0. The van der Waals surface area contributed by atoms with Gasteiger partial charge in [0, 0.05) is 5.69 Å². The van der Waals surface area contributed by atoms with Crippen LogP contribution in [0.3, 0.4) is 0 Å². The summed E-state index contributed by atoms with van der Waals surface area (Å²) in [6, 6.07) is 8.50. The fraction of sp³-hybridized carbons (Fsp3) is 0.